The number of carbonyl (C=O) groups is 1. The minimum Gasteiger partial charge on any atom is -0.334 e. The van der Waals surface area contributed by atoms with E-state index >= 15 is 0 Å². The standard InChI is InChI=1S/C20H24N6O2/c1-15-22-19(28-24-15)16-6-8-17(9-7-16)23-20(27)26-13-3-2-5-18(26)10-14-25-12-4-11-21-25/h4,6-9,11-12,18H,2-3,5,10,13-14H2,1H3,(H,23,27)/t18-/m0/s1. The van der Waals surface area contributed by atoms with Crippen LogP contribution in [0, 0.1) is 6.92 Å². The number of rotatable bonds is 5. The lowest BCUT2D eigenvalue weighted by Crippen LogP contribution is -2.46. The Morgan fingerprint density at radius 2 is 2.14 bits per heavy atom. The molecule has 3 aromatic rings. The lowest BCUT2D eigenvalue weighted by atomic mass is 10.00. The van der Waals surface area contributed by atoms with Crippen LogP contribution >= 0.6 is 0 Å². The van der Waals surface area contributed by atoms with Gasteiger partial charge in [-0.05, 0) is 62.9 Å². The molecule has 0 bridgehead atoms. The van der Waals surface area contributed by atoms with Gasteiger partial charge >= 0.3 is 6.03 Å². The molecular formula is C20H24N6O2. The number of nitrogens with one attached hydrogen (secondary N) is 1. The molecule has 0 aliphatic carbocycles. The molecule has 146 valence electrons. The van der Waals surface area contributed by atoms with Crippen molar-refractivity contribution >= 4 is 11.7 Å². The van der Waals surface area contributed by atoms with Crippen LogP contribution in [0.25, 0.3) is 11.5 Å². The Morgan fingerprint density at radius 3 is 2.86 bits per heavy atom. The van der Waals surface area contributed by atoms with E-state index < -0.39 is 0 Å². The van der Waals surface area contributed by atoms with Gasteiger partial charge in [0.15, 0.2) is 5.82 Å². The van der Waals surface area contributed by atoms with Crippen LogP contribution in [0.5, 0.6) is 0 Å². The van der Waals surface area contributed by atoms with Crippen molar-refractivity contribution in [3.63, 3.8) is 0 Å². The van der Waals surface area contributed by atoms with E-state index in [9.17, 15) is 4.79 Å². The maximum absolute atomic E-state index is 12.8. The third-order valence-corrected chi connectivity index (χ3v) is 5.05. The van der Waals surface area contributed by atoms with Gasteiger partial charge in [-0.2, -0.15) is 10.1 Å². The normalized spacial score (nSPS) is 16.9. The molecule has 1 N–H and O–H groups in total. The maximum Gasteiger partial charge on any atom is 0.322 e. The van der Waals surface area contributed by atoms with Gasteiger partial charge in [-0.3, -0.25) is 4.68 Å². The fourth-order valence-corrected chi connectivity index (χ4v) is 3.59. The number of piperidine rings is 1. The molecule has 0 spiro atoms. The van der Waals surface area contributed by atoms with Gasteiger partial charge < -0.3 is 14.7 Å². The van der Waals surface area contributed by atoms with Crippen LogP contribution in [0.2, 0.25) is 0 Å². The summed E-state index contributed by atoms with van der Waals surface area (Å²) in [5.74, 6) is 1.07. The molecule has 3 heterocycles. The highest BCUT2D eigenvalue weighted by Gasteiger charge is 2.26. The van der Waals surface area contributed by atoms with Crippen molar-refractivity contribution in [3.05, 3.63) is 48.5 Å². The number of aromatic nitrogens is 4. The molecule has 2 aromatic heterocycles. The van der Waals surface area contributed by atoms with E-state index in [0.29, 0.717) is 11.7 Å². The van der Waals surface area contributed by atoms with Gasteiger partial charge in [-0.1, -0.05) is 5.16 Å². The van der Waals surface area contributed by atoms with Crippen LogP contribution in [-0.2, 0) is 6.54 Å². The number of hydrogen-bond acceptors (Lipinski definition) is 5. The van der Waals surface area contributed by atoms with Crippen molar-refractivity contribution in [3.8, 4) is 11.5 Å². The van der Waals surface area contributed by atoms with E-state index in [1.165, 1.54) is 0 Å². The van der Waals surface area contributed by atoms with Crippen molar-refractivity contribution in [1.82, 2.24) is 24.8 Å². The predicted molar refractivity (Wildman–Crippen MR) is 105 cm³/mol. The zero-order valence-corrected chi connectivity index (χ0v) is 15.9. The number of aryl methyl sites for hydroxylation is 2. The van der Waals surface area contributed by atoms with Gasteiger partial charge in [0.25, 0.3) is 5.89 Å². The van der Waals surface area contributed by atoms with E-state index in [0.717, 1.165) is 50.0 Å². The minimum atomic E-state index is -0.0495. The van der Waals surface area contributed by atoms with Crippen molar-refractivity contribution in [2.75, 3.05) is 11.9 Å². The molecule has 1 saturated heterocycles. The third-order valence-electron chi connectivity index (χ3n) is 5.05. The first-order chi connectivity index (χ1) is 13.7. The van der Waals surface area contributed by atoms with Gasteiger partial charge in [0, 0.05) is 42.8 Å². The molecule has 8 nitrogen and oxygen atoms in total. The summed E-state index contributed by atoms with van der Waals surface area (Å²) >= 11 is 0. The summed E-state index contributed by atoms with van der Waals surface area (Å²) in [5.41, 5.74) is 1.58. The molecule has 4 rings (SSSR count). The Labute approximate surface area is 163 Å². The number of hydrogen-bond donors (Lipinski definition) is 1. The van der Waals surface area contributed by atoms with Gasteiger partial charge in [0.05, 0.1) is 0 Å². The highest BCUT2D eigenvalue weighted by Crippen LogP contribution is 2.23. The highest BCUT2D eigenvalue weighted by atomic mass is 16.5. The van der Waals surface area contributed by atoms with Gasteiger partial charge in [-0.25, -0.2) is 4.79 Å². The smallest absolute Gasteiger partial charge is 0.322 e. The van der Waals surface area contributed by atoms with Crippen LogP contribution < -0.4 is 5.32 Å². The van der Waals surface area contributed by atoms with Gasteiger partial charge in [0.2, 0.25) is 0 Å². The first kappa shape index (κ1) is 18.2. The summed E-state index contributed by atoms with van der Waals surface area (Å²) in [5, 5.41) is 11.1. The molecule has 1 aromatic carbocycles. The Bertz CT molecular complexity index is 903. The summed E-state index contributed by atoms with van der Waals surface area (Å²) in [6.45, 7) is 3.39. The summed E-state index contributed by atoms with van der Waals surface area (Å²) in [6, 6.07) is 9.56. The second-order valence-corrected chi connectivity index (χ2v) is 7.06. The third kappa shape index (κ3) is 4.21. The van der Waals surface area contributed by atoms with Crippen molar-refractivity contribution in [2.45, 2.75) is 45.2 Å². The van der Waals surface area contributed by atoms with Crippen LogP contribution in [0.3, 0.4) is 0 Å². The molecule has 2 amide bonds. The van der Waals surface area contributed by atoms with E-state index in [1.807, 2.05) is 46.1 Å². The molecular weight excluding hydrogens is 356 g/mol. The minimum absolute atomic E-state index is 0.0495. The zero-order valence-electron chi connectivity index (χ0n) is 15.9. The summed E-state index contributed by atoms with van der Waals surface area (Å²) in [6.07, 6.45) is 7.88. The Balaban J connectivity index is 1.38. The maximum atomic E-state index is 12.8. The van der Waals surface area contributed by atoms with Gasteiger partial charge in [0.1, 0.15) is 0 Å². The molecule has 1 aliphatic rings. The number of urea groups is 1. The van der Waals surface area contributed by atoms with Crippen molar-refractivity contribution < 1.29 is 9.32 Å². The molecule has 0 radical (unpaired) electrons. The quantitative estimate of drug-likeness (QED) is 0.729. The first-order valence-corrected chi connectivity index (χ1v) is 9.65. The summed E-state index contributed by atoms with van der Waals surface area (Å²) < 4.78 is 7.09. The second-order valence-electron chi connectivity index (χ2n) is 7.06. The van der Waals surface area contributed by atoms with Crippen LogP contribution in [0.4, 0.5) is 10.5 Å². The predicted octanol–water partition coefficient (Wildman–Crippen LogP) is 3.72. The second kappa shape index (κ2) is 8.24. The number of carbonyl (C=O) groups excluding carboxylic acids is 1. The molecule has 0 saturated carbocycles. The summed E-state index contributed by atoms with van der Waals surface area (Å²) in [4.78, 5) is 19.0. The number of amides is 2. The van der Waals surface area contributed by atoms with E-state index in [4.69, 9.17) is 4.52 Å². The largest absolute Gasteiger partial charge is 0.334 e. The molecule has 28 heavy (non-hydrogen) atoms. The molecule has 1 fully saturated rings. The Hall–Kier alpha value is -3.16. The molecule has 1 atom stereocenters. The lowest BCUT2D eigenvalue weighted by Gasteiger charge is -2.35. The topological polar surface area (TPSA) is 89.1 Å². The Morgan fingerprint density at radius 1 is 1.29 bits per heavy atom. The van der Waals surface area contributed by atoms with E-state index in [2.05, 4.69) is 20.6 Å². The van der Waals surface area contributed by atoms with Crippen molar-refractivity contribution in [1.29, 1.82) is 0 Å². The van der Waals surface area contributed by atoms with E-state index in [1.54, 1.807) is 13.1 Å². The van der Waals surface area contributed by atoms with Gasteiger partial charge in [-0.15, -0.1) is 0 Å². The molecule has 1 aliphatic heterocycles. The summed E-state index contributed by atoms with van der Waals surface area (Å²) in [7, 11) is 0. The number of likely N-dealkylation sites (tertiary alicyclic amines) is 1. The molecule has 8 heteroatoms. The first-order valence-electron chi connectivity index (χ1n) is 9.65. The number of benzene rings is 1. The highest BCUT2D eigenvalue weighted by molar-refractivity contribution is 5.89. The monoisotopic (exact) mass is 380 g/mol. The average molecular weight is 380 g/mol. The fourth-order valence-electron chi connectivity index (χ4n) is 3.59. The number of anilines is 1. The molecule has 0 unspecified atom stereocenters. The average Bonchev–Trinajstić information content (AvgIpc) is 3.39. The SMILES string of the molecule is Cc1noc(-c2ccc(NC(=O)N3CCCC[C@H]3CCn3cccn3)cc2)n1. The fraction of sp³-hybridized carbons (Fsp3) is 0.400. The van der Waals surface area contributed by atoms with Crippen LogP contribution in [0.15, 0.2) is 47.2 Å². The number of nitrogens with zero attached hydrogens (tertiary/aromatic N) is 5. The lowest BCUT2D eigenvalue weighted by molar-refractivity contribution is 0.154. The van der Waals surface area contributed by atoms with Crippen LogP contribution in [-0.4, -0.2) is 43.4 Å². The Kier molecular flexibility index (Phi) is 5.36. The van der Waals surface area contributed by atoms with Crippen LogP contribution in [0.1, 0.15) is 31.5 Å². The van der Waals surface area contributed by atoms with E-state index in [-0.39, 0.29) is 12.1 Å². The zero-order chi connectivity index (χ0) is 19.3. The van der Waals surface area contributed by atoms with Crippen molar-refractivity contribution in [2.24, 2.45) is 0 Å².